The zero-order chi connectivity index (χ0) is 20.2. The summed E-state index contributed by atoms with van der Waals surface area (Å²) in [5, 5.41) is 30.9. The van der Waals surface area contributed by atoms with E-state index in [0.717, 1.165) is 10.9 Å². The number of ether oxygens (including phenoxy) is 1. The predicted molar refractivity (Wildman–Crippen MR) is 105 cm³/mol. The second-order valence-corrected chi connectivity index (χ2v) is 6.21. The predicted octanol–water partition coefficient (Wildman–Crippen LogP) is 1.69. The number of aliphatic hydroxyl groups excluding tert-OH is 1. The number of benzene rings is 1. The lowest BCUT2D eigenvalue weighted by atomic mass is 10.1. The lowest BCUT2D eigenvalue weighted by Gasteiger charge is -2.07. The molecule has 1 aromatic carbocycles. The van der Waals surface area contributed by atoms with Crippen molar-refractivity contribution in [2.45, 2.75) is 13.1 Å². The van der Waals surface area contributed by atoms with Crippen molar-refractivity contribution in [3.05, 3.63) is 54.0 Å². The van der Waals surface area contributed by atoms with E-state index in [1.54, 1.807) is 34.0 Å². The average molecular weight is 390 g/mol. The molecule has 0 atom stereocenters. The van der Waals surface area contributed by atoms with Crippen LogP contribution in [0.5, 0.6) is 5.88 Å². The van der Waals surface area contributed by atoms with Crippen LogP contribution in [-0.2, 0) is 13.1 Å². The molecular formula is C19H18N8O2. The number of anilines is 2. The van der Waals surface area contributed by atoms with Gasteiger partial charge in [0.2, 0.25) is 5.95 Å². The molecule has 2 N–H and O–H groups in total. The van der Waals surface area contributed by atoms with Crippen LogP contribution in [0.15, 0.2) is 42.9 Å². The maximum absolute atomic E-state index is 9.31. The van der Waals surface area contributed by atoms with Gasteiger partial charge < -0.3 is 15.2 Å². The first-order valence-electron chi connectivity index (χ1n) is 8.87. The van der Waals surface area contributed by atoms with Gasteiger partial charge in [0.25, 0.3) is 5.88 Å². The zero-order valence-corrected chi connectivity index (χ0v) is 15.6. The van der Waals surface area contributed by atoms with Gasteiger partial charge in [-0.25, -0.2) is 9.67 Å². The number of nitrogens with zero attached hydrogens (tertiary/aromatic N) is 7. The number of hydrogen-bond acceptors (Lipinski definition) is 8. The van der Waals surface area contributed by atoms with Crippen molar-refractivity contribution in [2.24, 2.45) is 0 Å². The highest BCUT2D eigenvalue weighted by Gasteiger charge is 2.13. The number of nitriles is 1. The van der Waals surface area contributed by atoms with E-state index in [9.17, 15) is 5.26 Å². The third kappa shape index (κ3) is 3.71. The molecule has 10 heteroatoms. The van der Waals surface area contributed by atoms with Gasteiger partial charge in [0, 0.05) is 6.20 Å². The van der Waals surface area contributed by atoms with Crippen LogP contribution in [0.2, 0.25) is 0 Å². The van der Waals surface area contributed by atoms with Crippen LogP contribution in [0.25, 0.3) is 11.0 Å². The Morgan fingerprint density at radius 3 is 2.93 bits per heavy atom. The van der Waals surface area contributed by atoms with Crippen LogP contribution in [0.4, 0.5) is 11.6 Å². The van der Waals surface area contributed by atoms with Crippen molar-refractivity contribution in [1.29, 1.82) is 5.26 Å². The van der Waals surface area contributed by atoms with Crippen LogP contribution in [-0.4, -0.2) is 48.4 Å². The van der Waals surface area contributed by atoms with Gasteiger partial charge >= 0.3 is 0 Å². The van der Waals surface area contributed by atoms with Gasteiger partial charge in [-0.05, 0) is 11.6 Å². The average Bonchev–Trinajstić information content (AvgIpc) is 3.32. The van der Waals surface area contributed by atoms with Crippen molar-refractivity contribution in [1.82, 2.24) is 29.5 Å². The molecule has 29 heavy (non-hydrogen) atoms. The summed E-state index contributed by atoms with van der Waals surface area (Å²) in [4.78, 5) is 8.88. The van der Waals surface area contributed by atoms with E-state index in [1.165, 1.54) is 7.11 Å². The molecule has 0 radical (unpaired) electrons. The third-order valence-electron chi connectivity index (χ3n) is 4.33. The second-order valence-electron chi connectivity index (χ2n) is 6.21. The van der Waals surface area contributed by atoms with E-state index in [1.807, 2.05) is 18.2 Å². The number of fused-ring (bicyclic) bond motifs is 1. The molecule has 146 valence electrons. The summed E-state index contributed by atoms with van der Waals surface area (Å²) in [7, 11) is 1.52. The molecule has 0 unspecified atom stereocenters. The van der Waals surface area contributed by atoms with E-state index in [-0.39, 0.29) is 6.61 Å². The smallest absolute Gasteiger partial charge is 0.256 e. The van der Waals surface area contributed by atoms with Gasteiger partial charge in [0.05, 0.1) is 56.2 Å². The largest absolute Gasteiger partial charge is 0.478 e. The third-order valence-corrected chi connectivity index (χ3v) is 4.33. The van der Waals surface area contributed by atoms with E-state index < -0.39 is 0 Å². The van der Waals surface area contributed by atoms with E-state index in [0.29, 0.717) is 41.8 Å². The number of methoxy groups -OCH3 is 1. The fraction of sp³-hybridized carbons (Fsp3) is 0.211. The SMILES string of the molecule is COc1nn(CCO)cc1Nc1ncc2cnn(Cc3ccccc3C#N)c2n1. The summed E-state index contributed by atoms with van der Waals surface area (Å²) in [6.07, 6.45) is 5.08. The summed E-state index contributed by atoms with van der Waals surface area (Å²) in [5.74, 6) is 0.730. The minimum absolute atomic E-state index is 0.0317. The Labute approximate surface area is 166 Å². The first-order chi connectivity index (χ1) is 14.2. The number of hydrogen-bond donors (Lipinski definition) is 2. The Kier molecular flexibility index (Phi) is 5.05. The standard InChI is InChI=1S/C19H18N8O2/c1-29-18-16(12-26(25-18)6-7-28)23-19-21-9-15-10-22-27(17(15)24-19)11-14-5-3-2-4-13(14)8-20/h2-5,9-10,12,28H,6-7,11H2,1H3,(H,21,23,24). The molecule has 3 aromatic heterocycles. The van der Waals surface area contributed by atoms with Crippen LogP contribution < -0.4 is 10.1 Å². The molecule has 3 heterocycles. The minimum atomic E-state index is -0.0317. The second kappa shape index (κ2) is 7.95. The first-order valence-corrected chi connectivity index (χ1v) is 8.87. The highest BCUT2D eigenvalue weighted by atomic mass is 16.5. The molecule has 0 amide bonds. The Morgan fingerprint density at radius 2 is 2.14 bits per heavy atom. The zero-order valence-electron chi connectivity index (χ0n) is 15.6. The molecule has 4 rings (SSSR count). The first kappa shape index (κ1) is 18.4. The maximum Gasteiger partial charge on any atom is 0.256 e. The summed E-state index contributed by atoms with van der Waals surface area (Å²) in [6.45, 7) is 0.737. The summed E-state index contributed by atoms with van der Waals surface area (Å²) in [5.41, 5.74) is 2.68. The quantitative estimate of drug-likeness (QED) is 0.488. The van der Waals surface area contributed by atoms with E-state index in [4.69, 9.17) is 9.84 Å². The molecule has 4 aromatic rings. The lowest BCUT2D eigenvalue weighted by molar-refractivity contribution is 0.267. The van der Waals surface area contributed by atoms with Gasteiger partial charge in [0.15, 0.2) is 5.65 Å². The number of nitrogens with one attached hydrogen (secondary N) is 1. The fourth-order valence-corrected chi connectivity index (χ4v) is 2.95. The lowest BCUT2D eigenvalue weighted by Crippen LogP contribution is -2.05. The van der Waals surface area contributed by atoms with Crippen LogP contribution >= 0.6 is 0 Å². The Morgan fingerprint density at radius 1 is 1.28 bits per heavy atom. The summed E-state index contributed by atoms with van der Waals surface area (Å²) < 4.78 is 8.56. The van der Waals surface area contributed by atoms with Crippen LogP contribution in [0.1, 0.15) is 11.1 Å². The molecule has 10 nitrogen and oxygen atoms in total. The summed E-state index contributed by atoms with van der Waals surface area (Å²) >= 11 is 0. The van der Waals surface area contributed by atoms with Crippen molar-refractivity contribution in [3.63, 3.8) is 0 Å². The highest BCUT2D eigenvalue weighted by Crippen LogP contribution is 2.25. The van der Waals surface area contributed by atoms with Crippen molar-refractivity contribution >= 4 is 22.7 Å². The Balaban J connectivity index is 1.65. The van der Waals surface area contributed by atoms with Gasteiger partial charge in [-0.2, -0.15) is 15.3 Å². The molecule has 0 bridgehead atoms. The molecular weight excluding hydrogens is 372 g/mol. The van der Waals surface area contributed by atoms with Crippen molar-refractivity contribution in [2.75, 3.05) is 19.0 Å². The Bertz CT molecular complexity index is 1190. The molecule has 0 aliphatic carbocycles. The molecule has 0 aliphatic rings. The fourth-order valence-electron chi connectivity index (χ4n) is 2.95. The molecule has 0 spiro atoms. The summed E-state index contributed by atoms with van der Waals surface area (Å²) in [6, 6.07) is 9.59. The topological polar surface area (TPSA) is 127 Å². The molecule has 0 fully saturated rings. The van der Waals surface area contributed by atoms with Crippen LogP contribution in [0, 0.1) is 11.3 Å². The van der Waals surface area contributed by atoms with Gasteiger partial charge in [-0.1, -0.05) is 18.2 Å². The normalized spacial score (nSPS) is 10.8. The molecule has 0 saturated heterocycles. The Hall–Kier alpha value is -3.97. The van der Waals surface area contributed by atoms with Crippen molar-refractivity contribution in [3.8, 4) is 11.9 Å². The van der Waals surface area contributed by atoms with Gasteiger partial charge in [-0.3, -0.25) is 4.68 Å². The van der Waals surface area contributed by atoms with E-state index >= 15 is 0 Å². The van der Waals surface area contributed by atoms with E-state index in [2.05, 4.69) is 31.6 Å². The van der Waals surface area contributed by atoms with Crippen molar-refractivity contribution < 1.29 is 9.84 Å². The highest BCUT2D eigenvalue weighted by molar-refractivity contribution is 5.75. The minimum Gasteiger partial charge on any atom is -0.478 e. The van der Waals surface area contributed by atoms with Crippen LogP contribution in [0.3, 0.4) is 0 Å². The number of aliphatic hydroxyl groups is 1. The number of aromatic nitrogens is 6. The maximum atomic E-state index is 9.31. The van der Waals surface area contributed by atoms with Gasteiger partial charge in [-0.15, -0.1) is 5.10 Å². The monoisotopic (exact) mass is 390 g/mol. The molecule has 0 aliphatic heterocycles. The number of rotatable bonds is 7. The molecule has 0 saturated carbocycles. The van der Waals surface area contributed by atoms with Gasteiger partial charge in [0.1, 0.15) is 5.69 Å².